The number of pyridine rings is 1. The lowest BCUT2D eigenvalue weighted by atomic mass is 9.87. The van der Waals surface area contributed by atoms with Crippen molar-refractivity contribution in [2.24, 2.45) is 0 Å². The van der Waals surface area contributed by atoms with E-state index in [4.69, 9.17) is 0 Å². The molecule has 0 bridgehead atoms. The van der Waals surface area contributed by atoms with Crippen LogP contribution in [-0.2, 0) is 12.8 Å². The smallest absolute Gasteiger partial charge is 0.259 e. The number of hydrogen-bond acceptors (Lipinski definition) is 2. The molecule has 1 aliphatic rings. The average molecular weight is 372 g/mol. The number of carbonyl (C=O) groups excluding carboxylic acids is 1. The van der Waals surface area contributed by atoms with Crippen molar-refractivity contribution in [1.29, 1.82) is 0 Å². The molecule has 118 valence electrons. The maximum atomic E-state index is 12.6. The predicted octanol–water partition coefficient (Wildman–Crippen LogP) is 4.22. The molecule has 0 atom stereocenters. The summed E-state index contributed by atoms with van der Waals surface area (Å²) < 4.78 is 0.956. The molecule has 23 heavy (non-hydrogen) atoms. The van der Waals surface area contributed by atoms with Crippen LogP contribution in [0.3, 0.4) is 0 Å². The number of carbonyl (C=O) groups is 1. The van der Waals surface area contributed by atoms with Crippen LogP contribution in [0.15, 0.2) is 39.6 Å². The largest absolute Gasteiger partial charge is 0.326 e. The first-order valence-electron chi connectivity index (χ1n) is 7.79. The first kappa shape index (κ1) is 15.9. The number of fused-ring (bicyclic) bond motifs is 1. The van der Waals surface area contributed by atoms with Gasteiger partial charge in [0.05, 0.1) is 5.56 Å². The number of hydrogen-bond donors (Lipinski definition) is 1. The van der Waals surface area contributed by atoms with Crippen LogP contribution in [0.1, 0.15) is 45.6 Å². The number of aromatic nitrogens is 1. The van der Waals surface area contributed by atoms with Crippen LogP contribution in [0.2, 0.25) is 0 Å². The van der Waals surface area contributed by atoms with Crippen LogP contribution in [0.5, 0.6) is 0 Å². The van der Waals surface area contributed by atoms with E-state index in [9.17, 15) is 9.59 Å². The molecule has 1 heterocycles. The van der Waals surface area contributed by atoms with Gasteiger partial charge in [-0.3, -0.25) is 9.59 Å². The second-order valence-electron chi connectivity index (χ2n) is 5.87. The van der Waals surface area contributed by atoms with Crippen molar-refractivity contribution in [2.45, 2.75) is 32.6 Å². The Morgan fingerprint density at radius 3 is 2.70 bits per heavy atom. The summed E-state index contributed by atoms with van der Waals surface area (Å²) in [5, 5.41) is 0. The van der Waals surface area contributed by atoms with Gasteiger partial charge in [0.25, 0.3) is 5.56 Å². The quantitative estimate of drug-likeness (QED) is 0.648. The lowest BCUT2D eigenvalue weighted by Crippen LogP contribution is -2.24. The molecular weight excluding hydrogens is 354 g/mol. The van der Waals surface area contributed by atoms with Crippen molar-refractivity contribution >= 4 is 27.8 Å². The minimum atomic E-state index is -0.271. The summed E-state index contributed by atoms with van der Waals surface area (Å²) >= 11 is 3.41. The minimum Gasteiger partial charge on any atom is -0.326 e. The zero-order valence-electron chi connectivity index (χ0n) is 13.0. The Morgan fingerprint density at radius 2 is 1.96 bits per heavy atom. The van der Waals surface area contributed by atoms with Gasteiger partial charge >= 0.3 is 0 Å². The molecule has 1 N–H and O–H groups in total. The molecule has 1 aromatic heterocycles. The molecule has 0 amide bonds. The Hall–Kier alpha value is -1.94. The van der Waals surface area contributed by atoms with E-state index in [1.165, 1.54) is 6.08 Å². The van der Waals surface area contributed by atoms with Crippen molar-refractivity contribution in [3.05, 3.63) is 73.1 Å². The summed E-state index contributed by atoms with van der Waals surface area (Å²) in [6.07, 6.45) is 7.14. The summed E-state index contributed by atoms with van der Waals surface area (Å²) in [6, 6.07) is 7.69. The Labute approximate surface area is 143 Å². The fraction of sp³-hybridized carbons (Fsp3) is 0.263. The van der Waals surface area contributed by atoms with Crippen LogP contribution in [0.25, 0.3) is 6.08 Å². The highest BCUT2D eigenvalue weighted by molar-refractivity contribution is 9.10. The predicted molar refractivity (Wildman–Crippen MR) is 95.9 cm³/mol. The normalized spacial score (nSPS) is 14.0. The molecule has 1 aromatic carbocycles. The number of benzene rings is 1. The number of aromatic amines is 1. The third-order valence-electron chi connectivity index (χ3n) is 4.27. The molecule has 0 aliphatic heterocycles. The highest BCUT2D eigenvalue weighted by Gasteiger charge is 2.21. The summed E-state index contributed by atoms with van der Waals surface area (Å²) in [6.45, 7) is 1.91. The molecule has 1 aliphatic carbocycles. The second-order valence-corrected chi connectivity index (χ2v) is 6.79. The van der Waals surface area contributed by atoms with Crippen molar-refractivity contribution in [3.63, 3.8) is 0 Å². The van der Waals surface area contributed by atoms with Crippen LogP contribution in [-0.4, -0.2) is 10.8 Å². The van der Waals surface area contributed by atoms with E-state index in [-0.39, 0.29) is 11.3 Å². The Kier molecular flexibility index (Phi) is 4.62. The fourth-order valence-corrected chi connectivity index (χ4v) is 3.58. The van der Waals surface area contributed by atoms with Gasteiger partial charge in [-0.25, -0.2) is 0 Å². The number of rotatable bonds is 3. The molecule has 3 nitrogen and oxygen atoms in total. The lowest BCUT2D eigenvalue weighted by molar-refractivity contribution is 0.104. The van der Waals surface area contributed by atoms with Crippen LogP contribution >= 0.6 is 15.9 Å². The van der Waals surface area contributed by atoms with E-state index in [0.29, 0.717) is 5.56 Å². The van der Waals surface area contributed by atoms with E-state index < -0.39 is 0 Å². The SMILES string of the molecule is Cc1[nH]c(=O)c(C(=O)/C=C/c2cccc(Br)c2)c2c1CCCC2. The number of halogens is 1. The topological polar surface area (TPSA) is 49.9 Å². The highest BCUT2D eigenvalue weighted by Crippen LogP contribution is 2.25. The third kappa shape index (κ3) is 3.37. The Morgan fingerprint density at radius 1 is 1.22 bits per heavy atom. The van der Waals surface area contributed by atoms with Gasteiger partial charge in [-0.1, -0.05) is 34.1 Å². The van der Waals surface area contributed by atoms with Crippen molar-refractivity contribution in [1.82, 2.24) is 4.98 Å². The monoisotopic (exact) mass is 371 g/mol. The zero-order chi connectivity index (χ0) is 16.4. The molecule has 3 rings (SSSR count). The van der Waals surface area contributed by atoms with E-state index in [1.807, 2.05) is 31.2 Å². The van der Waals surface area contributed by atoms with Gasteiger partial charge in [0.1, 0.15) is 0 Å². The molecule has 0 radical (unpaired) electrons. The van der Waals surface area contributed by atoms with Crippen molar-refractivity contribution in [2.75, 3.05) is 0 Å². The number of ketones is 1. The molecule has 0 saturated carbocycles. The van der Waals surface area contributed by atoms with Gasteiger partial charge in [-0.15, -0.1) is 0 Å². The molecule has 4 heteroatoms. The molecule has 0 spiro atoms. The summed E-state index contributed by atoms with van der Waals surface area (Å²) in [4.78, 5) is 27.7. The molecule has 0 fully saturated rings. The standard InChI is InChI=1S/C19H18BrNO2/c1-12-15-7-2-3-8-16(15)18(19(23)21-12)17(22)10-9-13-5-4-6-14(20)11-13/h4-6,9-11H,2-3,7-8H2,1H3,(H,21,23)/b10-9+. The Bertz CT molecular complexity index is 849. The van der Waals surface area contributed by atoms with Gasteiger partial charge in [0.15, 0.2) is 5.78 Å². The number of allylic oxidation sites excluding steroid dienone is 1. The molecule has 0 saturated heterocycles. The Balaban J connectivity index is 1.98. The van der Waals surface area contributed by atoms with Gasteiger partial charge in [0.2, 0.25) is 0 Å². The zero-order valence-corrected chi connectivity index (χ0v) is 14.6. The van der Waals surface area contributed by atoms with E-state index in [0.717, 1.165) is 52.5 Å². The van der Waals surface area contributed by atoms with E-state index in [1.54, 1.807) is 6.08 Å². The van der Waals surface area contributed by atoms with Crippen LogP contribution in [0, 0.1) is 6.92 Å². The van der Waals surface area contributed by atoms with Crippen LogP contribution in [0.4, 0.5) is 0 Å². The highest BCUT2D eigenvalue weighted by atomic mass is 79.9. The number of aryl methyl sites for hydroxylation is 1. The van der Waals surface area contributed by atoms with Gasteiger partial charge in [-0.2, -0.15) is 0 Å². The van der Waals surface area contributed by atoms with Crippen LogP contribution < -0.4 is 5.56 Å². The molecular formula is C19H18BrNO2. The minimum absolute atomic E-state index is 0.218. The maximum absolute atomic E-state index is 12.6. The maximum Gasteiger partial charge on any atom is 0.259 e. The number of H-pyrrole nitrogens is 1. The van der Waals surface area contributed by atoms with Gasteiger partial charge in [-0.05, 0) is 67.5 Å². The summed E-state index contributed by atoms with van der Waals surface area (Å²) in [5.41, 5.74) is 3.96. The molecule has 2 aromatic rings. The van der Waals surface area contributed by atoms with E-state index >= 15 is 0 Å². The first-order valence-corrected chi connectivity index (χ1v) is 8.58. The van der Waals surface area contributed by atoms with Gasteiger partial charge < -0.3 is 4.98 Å². The lowest BCUT2D eigenvalue weighted by Gasteiger charge is -2.19. The average Bonchev–Trinajstić information content (AvgIpc) is 2.53. The van der Waals surface area contributed by atoms with Gasteiger partial charge in [0, 0.05) is 10.2 Å². The fourth-order valence-electron chi connectivity index (χ4n) is 3.17. The summed E-state index contributed by atoms with van der Waals surface area (Å²) in [5.74, 6) is -0.218. The first-order chi connectivity index (χ1) is 11.1. The third-order valence-corrected chi connectivity index (χ3v) is 4.77. The van der Waals surface area contributed by atoms with E-state index in [2.05, 4.69) is 20.9 Å². The molecule has 0 unspecified atom stereocenters. The second kappa shape index (κ2) is 6.67. The van der Waals surface area contributed by atoms with Crippen molar-refractivity contribution in [3.8, 4) is 0 Å². The van der Waals surface area contributed by atoms with Crippen molar-refractivity contribution < 1.29 is 4.79 Å². The number of nitrogens with one attached hydrogen (secondary N) is 1. The summed E-state index contributed by atoms with van der Waals surface area (Å²) in [7, 11) is 0.